The van der Waals surface area contributed by atoms with Gasteiger partial charge in [0.1, 0.15) is 6.54 Å². The van der Waals surface area contributed by atoms with Gasteiger partial charge >= 0.3 is 6.18 Å². The van der Waals surface area contributed by atoms with Gasteiger partial charge in [0.25, 0.3) is 0 Å². The van der Waals surface area contributed by atoms with Gasteiger partial charge in [0, 0.05) is 12.6 Å². The van der Waals surface area contributed by atoms with Gasteiger partial charge in [-0.2, -0.15) is 13.2 Å². The third-order valence-corrected chi connectivity index (χ3v) is 3.77. The number of benzene rings is 1. The van der Waals surface area contributed by atoms with E-state index in [1.54, 1.807) is 13.0 Å². The van der Waals surface area contributed by atoms with Gasteiger partial charge in [-0.15, -0.1) is 24.0 Å². The molecule has 1 aromatic carbocycles. The van der Waals surface area contributed by atoms with Crippen molar-refractivity contribution in [3.05, 3.63) is 52.9 Å². The van der Waals surface area contributed by atoms with Crippen molar-refractivity contribution in [1.29, 1.82) is 0 Å². The minimum absolute atomic E-state index is 0. The molecule has 0 fully saturated rings. The number of nitrogens with one attached hydrogen (secondary N) is 2. The Morgan fingerprint density at radius 2 is 2.00 bits per heavy atom. The van der Waals surface area contributed by atoms with E-state index in [0.29, 0.717) is 23.8 Å². The standard InChI is InChI=1S/C18H23F3N4O.HI/c1-4-15-10-16(26-25-15)11-23-17(22-5-2)24-12(3)13-7-6-8-14(9-13)18(19,20)21;/h6-10,12H,4-5,11H2,1-3H3,(H2,22,23,24);1H. The Morgan fingerprint density at radius 3 is 2.59 bits per heavy atom. The van der Waals surface area contributed by atoms with Gasteiger partial charge in [-0.05, 0) is 38.0 Å². The summed E-state index contributed by atoms with van der Waals surface area (Å²) in [7, 11) is 0. The molecule has 0 aliphatic heterocycles. The Morgan fingerprint density at radius 1 is 1.26 bits per heavy atom. The molecule has 0 saturated heterocycles. The molecule has 5 nitrogen and oxygen atoms in total. The zero-order valence-electron chi connectivity index (χ0n) is 15.4. The molecular formula is C18H24F3IN4O. The van der Waals surface area contributed by atoms with E-state index in [2.05, 4.69) is 20.8 Å². The summed E-state index contributed by atoms with van der Waals surface area (Å²) >= 11 is 0. The van der Waals surface area contributed by atoms with E-state index in [-0.39, 0.29) is 36.6 Å². The first-order valence-electron chi connectivity index (χ1n) is 8.50. The molecule has 1 heterocycles. The average Bonchev–Trinajstić information content (AvgIpc) is 3.07. The van der Waals surface area contributed by atoms with Crippen LogP contribution < -0.4 is 10.6 Å². The Hall–Kier alpha value is -1.78. The molecule has 2 rings (SSSR count). The van der Waals surface area contributed by atoms with Crippen molar-refractivity contribution in [2.24, 2.45) is 4.99 Å². The molecule has 0 aliphatic rings. The molecule has 2 N–H and O–H groups in total. The van der Waals surface area contributed by atoms with Gasteiger partial charge in [-0.25, -0.2) is 4.99 Å². The second-order valence-corrected chi connectivity index (χ2v) is 5.82. The fourth-order valence-corrected chi connectivity index (χ4v) is 2.35. The fourth-order valence-electron chi connectivity index (χ4n) is 2.35. The first kappa shape index (κ1) is 23.3. The summed E-state index contributed by atoms with van der Waals surface area (Å²) < 4.78 is 43.8. The van der Waals surface area contributed by atoms with E-state index in [1.807, 2.05) is 19.9 Å². The fraction of sp³-hybridized carbons (Fsp3) is 0.444. The zero-order valence-corrected chi connectivity index (χ0v) is 17.8. The number of rotatable bonds is 6. The summed E-state index contributed by atoms with van der Waals surface area (Å²) in [6.07, 6.45) is -3.59. The Balaban J connectivity index is 0.00000364. The van der Waals surface area contributed by atoms with Crippen LogP contribution in [0.1, 0.15) is 49.4 Å². The highest BCUT2D eigenvalue weighted by Crippen LogP contribution is 2.30. The van der Waals surface area contributed by atoms with Crippen LogP contribution in [0, 0.1) is 0 Å². The summed E-state index contributed by atoms with van der Waals surface area (Å²) in [5.74, 6) is 1.12. The quantitative estimate of drug-likeness (QED) is 0.346. The normalized spacial score (nSPS) is 13.0. The summed E-state index contributed by atoms with van der Waals surface area (Å²) in [5, 5.41) is 10.1. The number of hydrogen-bond acceptors (Lipinski definition) is 3. The van der Waals surface area contributed by atoms with Crippen LogP contribution in [0.15, 0.2) is 39.8 Å². The monoisotopic (exact) mass is 496 g/mol. The van der Waals surface area contributed by atoms with Crippen molar-refractivity contribution < 1.29 is 17.7 Å². The number of alkyl halides is 3. The first-order valence-corrected chi connectivity index (χ1v) is 8.50. The first-order chi connectivity index (χ1) is 12.3. The minimum Gasteiger partial charge on any atom is -0.359 e. The lowest BCUT2D eigenvalue weighted by Gasteiger charge is -2.19. The van der Waals surface area contributed by atoms with E-state index < -0.39 is 11.7 Å². The molecule has 0 spiro atoms. The smallest absolute Gasteiger partial charge is 0.359 e. The van der Waals surface area contributed by atoms with Crippen LogP contribution >= 0.6 is 24.0 Å². The predicted molar refractivity (Wildman–Crippen MR) is 109 cm³/mol. The van der Waals surface area contributed by atoms with Gasteiger partial charge < -0.3 is 15.2 Å². The maximum absolute atomic E-state index is 12.9. The summed E-state index contributed by atoms with van der Waals surface area (Å²) in [6, 6.07) is 6.75. The summed E-state index contributed by atoms with van der Waals surface area (Å²) in [5.41, 5.74) is 0.711. The maximum atomic E-state index is 12.9. The van der Waals surface area contributed by atoms with Gasteiger partial charge in [0.05, 0.1) is 17.3 Å². The molecule has 0 saturated carbocycles. The molecule has 1 aromatic heterocycles. The Labute approximate surface area is 173 Å². The van der Waals surface area contributed by atoms with Crippen LogP contribution in [0.25, 0.3) is 0 Å². The zero-order chi connectivity index (χ0) is 19.2. The van der Waals surface area contributed by atoms with Crippen LogP contribution in [0.2, 0.25) is 0 Å². The number of nitrogens with zero attached hydrogens (tertiary/aromatic N) is 2. The van der Waals surface area contributed by atoms with Crippen molar-refractivity contribution in [2.75, 3.05) is 6.54 Å². The van der Waals surface area contributed by atoms with Gasteiger partial charge in [0.2, 0.25) is 0 Å². The number of hydrogen-bond donors (Lipinski definition) is 2. The van der Waals surface area contributed by atoms with Crippen LogP contribution in [0.4, 0.5) is 13.2 Å². The van der Waals surface area contributed by atoms with Gasteiger partial charge in [-0.1, -0.05) is 24.2 Å². The predicted octanol–water partition coefficient (Wildman–Crippen LogP) is 4.69. The largest absolute Gasteiger partial charge is 0.416 e. The number of aryl methyl sites for hydroxylation is 1. The number of guanidine groups is 1. The summed E-state index contributed by atoms with van der Waals surface area (Å²) in [6.45, 7) is 6.59. The number of halogens is 4. The second kappa shape index (κ2) is 10.5. The SMILES string of the molecule is CCNC(=NCc1cc(CC)no1)NC(C)c1cccc(C(F)(F)F)c1.I. The molecule has 1 unspecified atom stereocenters. The van der Waals surface area contributed by atoms with E-state index >= 15 is 0 Å². The van der Waals surface area contributed by atoms with Crippen LogP contribution in [0.3, 0.4) is 0 Å². The van der Waals surface area contributed by atoms with Crippen molar-refractivity contribution in [2.45, 2.75) is 46.0 Å². The molecule has 0 amide bonds. The van der Waals surface area contributed by atoms with Crippen LogP contribution in [0.5, 0.6) is 0 Å². The van der Waals surface area contributed by atoms with Crippen LogP contribution in [-0.2, 0) is 19.1 Å². The molecule has 0 radical (unpaired) electrons. The highest BCUT2D eigenvalue weighted by atomic mass is 127. The number of aromatic nitrogens is 1. The molecule has 2 aromatic rings. The maximum Gasteiger partial charge on any atom is 0.416 e. The van der Waals surface area contributed by atoms with Crippen molar-refractivity contribution in [3.8, 4) is 0 Å². The van der Waals surface area contributed by atoms with E-state index in [1.165, 1.54) is 6.07 Å². The van der Waals surface area contributed by atoms with Crippen molar-refractivity contribution in [1.82, 2.24) is 15.8 Å². The second-order valence-electron chi connectivity index (χ2n) is 5.82. The van der Waals surface area contributed by atoms with E-state index in [0.717, 1.165) is 24.2 Å². The highest BCUT2D eigenvalue weighted by molar-refractivity contribution is 14.0. The topological polar surface area (TPSA) is 62.5 Å². The van der Waals surface area contributed by atoms with Crippen molar-refractivity contribution >= 4 is 29.9 Å². The molecule has 150 valence electrons. The van der Waals surface area contributed by atoms with Crippen molar-refractivity contribution in [3.63, 3.8) is 0 Å². The molecule has 0 aliphatic carbocycles. The Kier molecular flexibility index (Phi) is 9.07. The van der Waals surface area contributed by atoms with E-state index in [9.17, 15) is 13.2 Å². The third-order valence-electron chi connectivity index (χ3n) is 3.77. The highest BCUT2D eigenvalue weighted by Gasteiger charge is 2.30. The van der Waals surface area contributed by atoms with Gasteiger partial charge in [0.15, 0.2) is 11.7 Å². The molecule has 0 bridgehead atoms. The third kappa shape index (κ3) is 7.04. The van der Waals surface area contributed by atoms with Gasteiger partial charge in [-0.3, -0.25) is 0 Å². The average molecular weight is 496 g/mol. The minimum atomic E-state index is -4.36. The Bertz CT molecular complexity index is 746. The lowest BCUT2D eigenvalue weighted by atomic mass is 10.1. The molecule has 27 heavy (non-hydrogen) atoms. The lowest BCUT2D eigenvalue weighted by molar-refractivity contribution is -0.137. The van der Waals surface area contributed by atoms with E-state index in [4.69, 9.17) is 4.52 Å². The van der Waals surface area contributed by atoms with Crippen LogP contribution in [-0.4, -0.2) is 17.7 Å². The number of aliphatic imine (C=N–C) groups is 1. The summed E-state index contributed by atoms with van der Waals surface area (Å²) in [4.78, 5) is 4.41. The molecular weight excluding hydrogens is 472 g/mol. The lowest BCUT2D eigenvalue weighted by Crippen LogP contribution is -2.38. The molecule has 9 heteroatoms. The molecule has 1 atom stereocenters.